The Morgan fingerprint density at radius 2 is 2.00 bits per heavy atom. The first kappa shape index (κ1) is 17.2. The maximum atomic E-state index is 12.0. The molecule has 0 aliphatic carbocycles. The Morgan fingerprint density at radius 3 is 2.59 bits per heavy atom. The minimum Gasteiger partial charge on any atom is -0.278 e. The minimum absolute atomic E-state index is 0.0335. The maximum Gasteiger partial charge on any atom is 0.258 e. The van der Waals surface area contributed by atoms with Gasteiger partial charge in [0.05, 0.1) is 16.5 Å². The predicted octanol–water partition coefficient (Wildman–Crippen LogP) is 0.474. The van der Waals surface area contributed by atoms with Crippen molar-refractivity contribution in [2.45, 2.75) is 17.7 Å². The highest BCUT2D eigenvalue weighted by Gasteiger charge is 2.29. The maximum absolute atomic E-state index is 12.0. The number of carbonyl (C=O) groups excluding carboxylic acids is 1. The molecule has 1 saturated heterocycles. The zero-order valence-corrected chi connectivity index (χ0v) is 13.8. The van der Waals surface area contributed by atoms with Crippen LogP contribution in [0.25, 0.3) is 0 Å². The zero-order valence-electron chi connectivity index (χ0n) is 11.5. The molecule has 1 aromatic carbocycles. The molecule has 2 rings (SSSR count). The second-order valence-corrected chi connectivity index (χ2v) is 9.34. The van der Waals surface area contributed by atoms with Crippen molar-refractivity contribution in [2.24, 2.45) is 5.92 Å². The zero-order chi connectivity index (χ0) is 16.4. The minimum atomic E-state index is -3.97. The first-order valence-corrected chi connectivity index (χ1v) is 10.1. The second kappa shape index (κ2) is 6.53. The third-order valence-electron chi connectivity index (χ3n) is 3.25. The molecule has 1 aliphatic heterocycles. The monoisotopic (exact) mass is 366 g/mol. The number of hydrogen-bond donors (Lipinski definition) is 2. The van der Waals surface area contributed by atoms with Crippen LogP contribution in [-0.2, 0) is 24.7 Å². The Hall–Kier alpha value is -1.16. The number of halogens is 1. The summed E-state index contributed by atoms with van der Waals surface area (Å²) in [7, 11) is -7.04. The van der Waals surface area contributed by atoms with Crippen LogP contribution in [0, 0.1) is 5.92 Å². The van der Waals surface area contributed by atoms with Crippen LogP contribution in [-0.4, -0.2) is 34.2 Å². The van der Waals surface area contributed by atoms with Gasteiger partial charge in [0.25, 0.3) is 10.0 Å². The van der Waals surface area contributed by atoms with E-state index in [0.29, 0.717) is 6.42 Å². The largest absolute Gasteiger partial charge is 0.278 e. The smallest absolute Gasteiger partial charge is 0.258 e. The quantitative estimate of drug-likeness (QED) is 0.736. The van der Waals surface area contributed by atoms with Crippen LogP contribution in [0.1, 0.15) is 12.8 Å². The lowest BCUT2D eigenvalue weighted by Gasteiger charge is -2.11. The van der Waals surface area contributed by atoms with E-state index in [1.54, 1.807) is 6.07 Å². The molecule has 1 amide bonds. The molecule has 0 unspecified atom stereocenters. The predicted molar refractivity (Wildman–Crippen MR) is 81.3 cm³/mol. The van der Waals surface area contributed by atoms with E-state index in [1.807, 2.05) is 4.83 Å². The standard InChI is InChI=1S/C12H15ClN2O5S2/c13-10-3-1-2-4-11(10)22(19,20)15-14-12(16)7-9-5-6-21(17,18)8-9/h1-4,9,15H,5-8H2,(H,14,16)/t9-/m0/s1. The van der Waals surface area contributed by atoms with Crippen LogP contribution in [0.15, 0.2) is 29.2 Å². The van der Waals surface area contributed by atoms with Gasteiger partial charge in [-0.05, 0) is 24.5 Å². The number of hydrazine groups is 1. The summed E-state index contributed by atoms with van der Waals surface area (Å²) in [5, 5.41) is 0.0335. The van der Waals surface area contributed by atoms with Gasteiger partial charge < -0.3 is 0 Å². The lowest BCUT2D eigenvalue weighted by atomic mass is 10.1. The number of carbonyl (C=O) groups is 1. The summed E-state index contributed by atoms with van der Waals surface area (Å²) in [6.45, 7) is 0. The Balaban J connectivity index is 1.92. The van der Waals surface area contributed by atoms with Gasteiger partial charge in [-0.25, -0.2) is 16.8 Å². The highest BCUT2D eigenvalue weighted by molar-refractivity contribution is 7.91. The summed E-state index contributed by atoms with van der Waals surface area (Å²) in [4.78, 5) is 13.5. The SMILES string of the molecule is O=C(C[C@@H]1CCS(=O)(=O)C1)NNS(=O)(=O)c1ccccc1Cl. The average molecular weight is 367 g/mol. The van der Waals surface area contributed by atoms with Crippen molar-refractivity contribution in [2.75, 3.05) is 11.5 Å². The van der Waals surface area contributed by atoms with Gasteiger partial charge in [-0.15, -0.1) is 4.83 Å². The van der Waals surface area contributed by atoms with E-state index in [-0.39, 0.29) is 33.8 Å². The van der Waals surface area contributed by atoms with Crippen LogP contribution in [0.5, 0.6) is 0 Å². The van der Waals surface area contributed by atoms with Crippen molar-refractivity contribution in [1.29, 1.82) is 0 Å². The first-order valence-electron chi connectivity index (χ1n) is 6.45. The molecule has 122 valence electrons. The first-order chi connectivity index (χ1) is 10.2. The number of hydrogen-bond acceptors (Lipinski definition) is 5. The molecule has 2 N–H and O–H groups in total. The fourth-order valence-electron chi connectivity index (χ4n) is 2.19. The van der Waals surface area contributed by atoms with Crippen molar-refractivity contribution in [3.05, 3.63) is 29.3 Å². The van der Waals surface area contributed by atoms with Crippen LogP contribution in [0.3, 0.4) is 0 Å². The molecule has 1 atom stereocenters. The molecule has 0 aromatic heterocycles. The van der Waals surface area contributed by atoms with Gasteiger partial charge in [-0.1, -0.05) is 23.7 Å². The van der Waals surface area contributed by atoms with Crippen molar-refractivity contribution < 1.29 is 21.6 Å². The second-order valence-electron chi connectivity index (χ2n) is 5.06. The van der Waals surface area contributed by atoms with Crippen molar-refractivity contribution in [3.63, 3.8) is 0 Å². The van der Waals surface area contributed by atoms with Gasteiger partial charge in [0.1, 0.15) is 4.90 Å². The van der Waals surface area contributed by atoms with Gasteiger partial charge in [0.2, 0.25) is 5.91 Å². The Labute approximate surface area is 134 Å². The molecule has 10 heteroatoms. The molecule has 1 fully saturated rings. The van der Waals surface area contributed by atoms with Crippen molar-refractivity contribution in [1.82, 2.24) is 10.3 Å². The van der Waals surface area contributed by atoms with Crippen LogP contribution in [0.4, 0.5) is 0 Å². The van der Waals surface area contributed by atoms with E-state index < -0.39 is 25.8 Å². The fourth-order valence-corrected chi connectivity index (χ4v) is 5.43. The van der Waals surface area contributed by atoms with Gasteiger partial charge in [0, 0.05) is 6.42 Å². The van der Waals surface area contributed by atoms with Gasteiger partial charge >= 0.3 is 0 Å². The van der Waals surface area contributed by atoms with Crippen molar-refractivity contribution in [3.8, 4) is 0 Å². The summed E-state index contributed by atoms with van der Waals surface area (Å²) in [6, 6.07) is 5.81. The molecule has 0 bridgehead atoms. The number of sulfone groups is 1. The Bertz CT molecular complexity index is 776. The number of nitrogens with one attached hydrogen (secondary N) is 2. The summed E-state index contributed by atoms with van der Waals surface area (Å²) in [6.07, 6.45) is 0.358. The van der Waals surface area contributed by atoms with E-state index in [9.17, 15) is 21.6 Å². The number of rotatable bonds is 5. The molecule has 22 heavy (non-hydrogen) atoms. The van der Waals surface area contributed by atoms with E-state index in [2.05, 4.69) is 5.43 Å². The summed E-state index contributed by atoms with van der Waals surface area (Å²) in [5.74, 6) is -0.846. The van der Waals surface area contributed by atoms with E-state index >= 15 is 0 Å². The summed E-state index contributed by atoms with van der Waals surface area (Å²) < 4.78 is 46.6. The topological polar surface area (TPSA) is 109 Å². The highest BCUT2D eigenvalue weighted by Crippen LogP contribution is 2.22. The normalized spacial score (nSPS) is 20.7. The van der Waals surface area contributed by atoms with Gasteiger partial charge in [0.15, 0.2) is 9.84 Å². The molecule has 0 radical (unpaired) electrons. The van der Waals surface area contributed by atoms with Gasteiger partial charge in [-0.2, -0.15) is 0 Å². The lowest BCUT2D eigenvalue weighted by molar-refractivity contribution is -0.122. The molecule has 0 saturated carbocycles. The number of sulfonamides is 1. The average Bonchev–Trinajstić information content (AvgIpc) is 2.76. The molecule has 7 nitrogen and oxygen atoms in total. The summed E-state index contributed by atoms with van der Waals surface area (Å²) >= 11 is 5.79. The molecule has 1 aromatic rings. The summed E-state index contributed by atoms with van der Waals surface area (Å²) in [5.41, 5.74) is 2.07. The van der Waals surface area contributed by atoms with E-state index in [0.717, 1.165) is 0 Å². The van der Waals surface area contributed by atoms with E-state index in [4.69, 9.17) is 11.6 Å². The highest BCUT2D eigenvalue weighted by atomic mass is 35.5. The van der Waals surface area contributed by atoms with Crippen LogP contribution in [0.2, 0.25) is 5.02 Å². The number of amides is 1. The van der Waals surface area contributed by atoms with Crippen LogP contribution < -0.4 is 10.3 Å². The third kappa shape index (κ3) is 4.42. The Kier molecular flexibility index (Phi) is 5.10. The Morgan fingerprint density at radius 1 is 1.32 bits per heavy atom. The molecular weight excluding hydrogens is 352 g/mol. The fraction of sp³-hybridized carbons (Fsp3) is 0.417. The van der Waals surface area contributed by atoms with Gasteiger partial charge in [-0.3, -0.25) is 10.2 Å². The van der Waals surface area contributed by atoms with Crippen molar-refractivity contribution >= 4 is 37.4 Å². The molecule has 0 spiro atoms. The lowest BCUT2D eigenvalue weighted by Crippen LogP contribution is -2.42. The molecular formula is C12H15ClN2O5S2. The molecule has 1 heterocycles. The third-order valence-corrected chi connectivity index (χ3v) is 6.84. The number of benzene rings is 1. The van der Waals surface area contributed by atoms with Crippen LogP contribution >= 0.6 is 11.6 Å². The molecule has 1 aliphatic rings. The van der Waals surface area contributed by atoms with E-state index in [1.165, 1.54) is 18.2 Å².